The van der Waals surface area contributed by atoms with Crippen LogP contribution < -0.4 is 14.8 Å². The zero-order valence-corrected chi connectivity index (χ0v) is 13.7. The van der Waals surface area contributed by atoms with Gasteiger partial charge in [0.2, 0.25) is 0 Å². The summed E-state index contributed by atoms with van der Waals surface area (Å²) < 4.78 is 11.3. The predicted octanol–water partition coefficient (Wildman–Crippen LogP) is 4.03. The normalized spacial score (nSPS) is 10.1. The summed E-state index contributed by atoms with van der Waals surface area (Å²) in [7, 11) is 3.14. The minimum Gasteiger partial charge on any atom is -0.497 e. The molecule has 4 nitrogen and oxygen atoms in total. The number of carbonyl (C=O) groups excluding carboxylic acids is 1. The quantitative estimate of drug-likeness (QED) is 0.906. The SMILES string of the molecule is COc1cccc(NC(=O)c2cc(Br)cc(C)c2OC)c1. The molecule has 0 fully saturated rings. The largest absolute Gasteiger partial charge is 0.497 e. The van der Waals surface area contributed by atoms with Gasteiger partial charge in [0.15, 0.2) is 0 Å². The van der Waals surface area contributed by atoms with Gasteiger partial charge in [0, 0.05) is 16.2 Å². The lowest BCUT2D eigenvalue weighted by atomic mass is 10.1. The topological polar surface area (TPSA) is 47.6 Å². The van der Waals surface area contributed by atoms with Crippen LogP contribution in [0.3, 0.4) is 0 Å². The molecule has 0 atom stereocenters. The van der Waals surface area contributed by atoms with Crippen molar-refractivity contribution >= 4 is 27.5 Å². The van der Waals surface area contributed by atoms with Gasteiger partial charge in [0.1, 0.15) is 11.5 Å². The fraction of sp³-hybridized carbons (Fsp3) is 0.188. The highest BCUT2D eigenvalue weighted by molar-refractivity contribution is 9.10. The van der Waals surface area contributed by atoms with Crippen LogP contribution in [0.25, 0.3) is 0 Å². The summed E-state index contributed by atoms with van der Waals surface area (Å²) in [5.41, 5.74) is 2.04. The Labute approximate surface area is 132 Å². The van der Waals surface area contributed by atoms with Crippen molar-refractivity contribution in [1.82, 2.24) is 0 Å². The minimum absolute atomic E-state index is 0.232. The van der Waals surface area contributed by atoms with Gasteiger partial charge < -0.3 is 14.8 Å². The Hall–Kier alpha value is -2.01. The summed E-state index contributed by atoms with van der Waals surface area (Å²) in [6.45, 7) is 1.89. The lowest BCUT2D eigenvalue weighted by molar-refractivity contribution is 0.102. The van der Waals surface area contributed by atoms with Crippen molar-refractivity contribution in [2.24, 2.45) is 0 Å². The van der Waals surface area contributed by atoms with Gasteiger partial charge in [-0.3, -0.25) is 4.79 Å². The lowest BCUT2D eigenvalue weighted by Gasteiger charge is -2.13. The number of amides is 1. The van der Waals surface area contributed by atoms with Crippen LogP contribution in [0, 0.1) is 6.92 Å². The Morgan fingerprint density at radius 3 is 2.57 bits per heavy atom. The average Bonchev–Trinajstić information content (AvgIpc) is 2.46. The van der Waals surface area contributed by atoms with Crippen LogP contribution in [-0.4, -0.2) is 20.1 Å². The number of rotatable bonds is 4. The standard InChI is InChI=1S/C16H16BrNO3/c1-10-7-11(17)8-14(15(10)21-3)16(19)18-12-5-4-6-13(9-12)20-2/h4-9H,1-3H3,(H,18,19). The van der Waals surface area contributed by atoms with Crippen LogP contribution >= 0.6 is 15.9 Å². The van der Waals surface area contributed by atoms with E-state index >= 15 is 0 Å². The summed E-state index contributed by atoms with van der Waals surface area (Å²) in [6.07, 6.45) is 0. The Morgan fingerprint density at radius 1 is 1.14 bits per heavy atom. The maximum atomic E-state index is 12.4. The van der Waals surface area contributed by atoms with Crippen molar-refractivity contribution < 1.29 is 14.3 Å². The molecule has 0 bridgehead atoms. The van der Waals surface area contributed by atoms with Crippen molar-refractivity contribution in [1.29, 1.82) is 0 Å². The summed E-state index contributed by atoms with van der Waals surface area (Å²) in [6, 6.07) is 10.8. The maximum Gasteiger partial charge on any atom is 0.259 e. The molecule has 0 saturated carbocycles. The molecule has 0 saturated heterocycles. The summed E-state index contributed by atoms with van der Waals surface area (Å²) in [5.74, 6) is 1.02. The number of hydrogen-bond acceptors (Lipinski definition) is 3. The number of halogens is 1. The van der Waals surface area contributed by atoms with E-state index in [9.17, 15) is 4.79 Å². The molecular formula is C16H16BrNO3. The molecule has 0 unspecified atom stereocenters. The van der Waals surface area contributed by atoms with Crippen molar-refractivity contribution in [3.05, 3.63) is 52.0 Å². The van der Waals surface area contributed by atoms with Gasteiger partial charge in [-0.05, 0) is 36.8 Å². The first-order chi connectivity index (χ1) is 10.0. The molecule has 2 rings (SSSR count). The third-order valence-corrected chi connectivity index (χ3v) is 3.47. The zero-order chi connectivity index (χ0) is 15.4. The second kappa shape index (κ2) is 6.63. The van der Waals surface area contributed by atoms with Crippen LogP contribution in [0.4, 0.5) is 5.69 Å². The van der Waals surface area contributed by atoms with Crippen molar-refractivity contribution in [3.8, 4) is 11.5 Å². The van der Waals surface area contributed by atoms with E-state index in [1.54, 1.807) is 32.4 Å². The van der Waals surface area contributed by atoms with Crippen molar-refractivity contribution in [2.45, 2.75) is 6.92 Å². The molecule has 1 amide bonds. The fourth-order valence-electron chi connectivity index (χ4n) is 2.07. The number of benzene rings is 2. The van der Waals surface area contributed by atoms with Crippen molar-refractivity contribution in [2.75, 3.05) is 19.5 Å². The molecule has 0 aliphatic heterocycles. The second-order valence-corrected chi connectivity index (χ2v) is 5.41. The molecule has 2 aromatic rings. The Kier molecular flexibility index (Phi) is 4.85. The van der Waals surface area contributed by atoms with Crippen LogP contribution in [0.5, 0.6) is 11.5 Å². The second-order valence-electron chi connectivity index (χ2n) is 4.49. The Balaban J connectivity index is 2.32. The molecular weight excluding hydrogens is 334 g/mol. The molecule has 0 spiro atoms. The lowest BCUT2D eigenvalue weighted by Crippen LogP contribution is -2.14. The molecule has 2 aromatic carbocycles. The van der Waals surface area contributed by atoms with E-state index in [1.807, 2.05) is 25.1 Å². The van der Waals surface area contributed by atoms with Gasteiger partial charge in [-0.1, -0.05) is 22.0 Å². The fourth-order valence-corrected chi connectivity index (χ4v) is 2.64. The number of carbonyl (C=O) groups is 1. The number of nitrogens with one attached hydrogen (secondary N) is 1. The van der Waals surface area contributed by atoms with E-state index in [-0.39, 0.29) is 5.91 Å². The first kappa shape index (κ1) is 15.4. The maximum absolute atomic E-state index is 12.4. The number of methoxy groups -OCH3 is 2. The minimum atomic E-state index is -0.232. The van der Waals surface area contributed by atoms with Gasteiger partial charge in [0.25, 0.3) is 5.91 Å². The van der Waals surface area contributed by atoms with E-state index in [2.05, 4.69) is 21.2 Å². The van der Waals surface area contributed by atoms with Crippen LogP contribution in [0.1, 0.15) is 15.9 Å². The van der Waals surface area contributed by atoms with Crippen molar-refractivity contribution in [3.63, 3.8) is 0 Å². The van der Waals surface area contributed by atoms with Crippen LogP contribution in [-0.2, 0) is 0 Å². The zero-order valence-electron chi connectivity index (χ0n) is 12.1. The summed E-state index contributed by atoms with van der Waals surface area (Å²) >= 11 is 3.40. The number of ether oxygens (including phenoxy) is 2. The predicted molar refractivity (Wildman–Crippen MR) is 86.4 cm³/mol. The van der Waals surface area contributed by atoms with Gasteiger partial charge in [-0.15, -0.1) is 0 Å². The van der Waals surface area contributed by atoms with Gasteiger partial charge >= 0.3 is 0 Å². The number of hydrogen-bond donors (Lipinski definition) is 1. The summed E-state index contributed by atoms with van der Waals surface area (Å²) in [5, 5.41) is 2.84. The van der Waals surface area contributed by atoms with E-state index in [0.717, 1.165) is 10.0 Å². The van der Waals surface area contributed by atoms with Gasteiger partial charge in [-0.25, -0.2) is 0 Å². The van der Waals surface area contributed by atoms with E-state index in [0.29, 0.717) is 22.7 Å². The Bertz CT molecular complexity index is 671. The third-order valence-electron chi connectivity index (χ3n) is 3.02. The number of aryl methyl sites for hydroxylation is 1. The monoisotopic (exact) mass is 349 g/mol. The molecule has 0 heterocycles. The first-order valence-electron chi connectivity index (χ1n) is 6.34. The number of anilines is 1. The Morgan fingerprint density at radius 2 is 1.90 bits per heavy atom. The van der Waals surface area contributed by atoms with Crippen LogP contribution in [0.15, 0.2) is 40.9 Å². The molecule has 110 valence electrons. The van der Waals surface area contributed by atoms with Gasteiger partial charge in [0.05, 0.1) is 19.8 Å². The first-order valence-corrected chi connectivity index (χ1v) is 7.14. The smallest absolute Gasteiger partial charge is 0.259 e. The molecule has 0 aliphatic carbocycles. The molecule has 0 aromatic heterocycles. The molecule has 5 heteroatoms. The highest BCUT2D eigenvalue weighted by Crippen LogP contribution is 2.28. The van der Waals surface area contributed by atoms with E-state index in [4.69, 9.17) is 9.47 Å². The van der Waals surface area contributed by atoms with E-state index in [1.165, 1.54) is 0 Å². The van der Waals surface area contributed by atoms with Gasteiger partial charge in [-0.2, -0.15) is 0 Å². The highest BCUT2D eigenvalue weighted by atomic mass is 79.9. The highest BCUT2D eigenvalue weighted by Gasteiger charge is 2.16. The van der Waals surface area contributed by atoms with Crippen LogP contribution in [0.2, 0.25) is 0 Å². The molecule has 21 heavy (non-hydrogen) atoms. The third kappa shape index (κ3) is 3.55. The molecule has 0 aliphatic rings. The molecule has 0 radical (unpaired) electrons. The average molecular weight is 350 g/mol. The van der Waals surface area contributed by atoms with E-state index < -0.39 is 0 Å². The summed E-state index contributed by atoms with van der Waals surface area (Å²) in [4.78, 5) is 12.4. The molecule has 1 N–H and O–H groups in total.